The van der Waals surface area contributed by atoms with Gasteiger partial charge in [0.2, 0.25) is 0 Å². The number of nitrogens with zero attached hydrogens (tertiary/aromatic N) is 3. The number of non-ortho nitro benzene ring substituents is 1. The molecule has 0 aliphatic carbocycles. The number of rotatable bonds is 6. The van der Waals surface area contributed by atoms with Crippen molar-refractivity contribution in [1.82, 2.24) is 9.88 Å². The third-order valence-electron chi connectivity index (χ3n) is 3.71. The number of benzene rings is 1. The van der Waals surface area contributed by atoms with Crippen molar-refractivity contribution in [3.05, 3.63) is 56.0 Å². The van der Waals surface area contributed by atoms with Gasteiger partial charge in [-0.3, -0.25) is 14.9 Å². The minimum absolute atomic E-state index is 0.0761. The molecule has 0 radical (unpaired) electrons. The van der Waals surface area contributed by atoms with Crippen LogP contribution in [0.1, 0.15) is 53.5 Å². The Morgan fingerprint density at radius 2 is 1.89 bits per heavy atom. The molecule has 0 N–H and O–H groups in total. The van der Waals surface area contributed by atoms with E-state index in [1.807, 2.05) is 20.8 Å². The average molecular weight is 391 g/mol. The second kappa shape index (κ2) is 8.26. The number of hydrogen-bond donors (Lipinski definition) is 0. The van der Waals surface area contributed by atoms with Gasteiger partial charge in [-0.2, -0.15) is 0 Å². The highest BCUT2D eigenvalue weighted by molar-refractivity contribution is 7.09. The summed E-state index contributed by atoms with van der Waals surface area (Å²) < 4.78 is 4.93. The fourth-order valence-corrected chi connectivity index (χ4v) is 3.06. The first kappa shape index (κ1) is 20.5. The van der Waals surface area contributed by atoms with Gasteiger partial charge in [-0.25, -0.2) is 9.78 Å². The number of ether oxygens (including phenoxy) is 1. The van der Waals surface area contributed by atoms with E-state index in [1.54, 1.807) is 17.2 Å². The molecule has 8 nitrogen and oxygen atoms in total. The van der Waals surface area contributed by atoms with Gasteiger partial charge in [0, 0.05) is 28.6 Å². The first-order valence-corrected chi connectivity index (χ1v) is 9.19. The van der Waals surface area contributed by atoms with Gasteiger partial charge in [-0.1, -0.05) is 0 Å². The van der Waals surface area contributed by atoms with Gasteiger partial charge < -0.3 is 9.64 Å². The van der Waals surface area contributed by atoms with E-state index in [2.05, 4.69) is 4.98 Å². The van der Waals surface area contributed by atoms with Gasteiger partial charge in [-0.15, -0.1) is 11.3 Å². The van der Waals surface area contributed by atoms with Gasteiger partial charge in [-0.05, 0) is 39.8 Å². The summed E-state index contributed by atoms with van der Waals surface area (Å²) in [6.07, 6.45) is 0. The van der Waals surface area contributed by atoms with Crippen molar-refractivity contribution in [3.8, 4) is 0 Å². The van der Waals surface area contributed by atoms with Crippen LogP contribution in [0.3, 0.4) is 0 Å². The Hall–Kier alpha value is -2.81. The Morgan fingerprint density at radius 1 is 1.26 bits per heavy atom. The van der Waals surface area contributed by atoms with Crippen molar-refractivity contribution in [2.75, 3.05) is 6.61 Å². The molecule has 0 aliphatic rings. The molecule has 0 fully saturated rings. The molecule has 0 bridgehead atoms. The summed E-state index contributed by atoms with van der Waals surface area (Å²) in [7, 11) is 0. The minimum atomic E-state index is -0.519. The van der Waals surface area contributed by atoms with E-state index in [9.17, 15) is 19.7 Å². The average Bonchev–Trinajstić information content (AvgIpc) is 3.07. The first-order valence-electron chi connectivity index (χ1n) is 8.31. The summed E-state index contributed by atoms with van der Waals surface area (Å²) in [4.78, 5) is 40.9. The van der Waals surface area contributed by atoms with E-state index in [0.29, 0.717) is 10.6 Å². The van der Waals surface area contributed by atoms with Crippen LogP contribution in [-0.2, 0) is 11.3 Å². The Morgan fingerprint density at radius 3 is 2.41 bits per heavy atom. The van der Waals surface area contributed by atoms with Crippen LogP contribution >= 0.6 is 11.3 Å². The first-order chi connectivity index (χ1) is 12.6. The van der Waals surface area contributed by atoms with Crippen molar-refractivity contribution in [2.45, 2.75) is 39.8 Å². The van der Waals surface area contributed by atoms with Crippen LogP contribution in [0.2, 0.25) is 0 Å². The van der Waals surface area contributed by atoms with E-state index in [-0.39, 0.29) is 30.4 Å². The lowest BCUT2D eigenvalue weighted by atomic mass is 10.0. The van der Waals surface area contributed by atoms with Crippen LogP contribution in [-0.4, -0.2) is 38.8 Å². The Bertz CT molecular complexity index is 839. The Balaban J connectivity index is 2.24. The van der Waals surface area contributed by atoms with Crippen molar-refractivity contribution >= 4 is 28.9 Å². The molecule has 1 amide bonds. The molecule has 0 saturated heterocycles. The molecule has 1 aromatic heterocycles. The number of nitro groups is 1. The van der Waals surface area contributed by atoms with Crippen LogP contribution < -0.4 is 0 Å². The number of nitro benzene ring substituents is 1. The van der Waals surface area contributed by atoms with Crippen molar-refractivity contribution < 1.29 is 19.2 Å². The molecule has 27 heavy (non-hydrogen) atoms. The molecule has 0 atom stereocenters. The molecule has 144 valence electrons. The monoisotopic (exact) mass is 391 g/mol. The molecule has 1 heterocycles. The number of amides is 1. The van der Waals surface area contributed by atoms with Gasteiger partial charge >= 0.3 is 5.97 Å². The van der Waals surface area contributed by atoms with E-state index in [1.165, 1.54) is 35.6 Å². The summed E-state index contributed by atoms with van der Waals surface area (Å²) in [6.45, 7) is 7.85. The second-order valence-electron chi connectivity index (χ2n) is 6.71. The largest absolute Gasteiger partial charge is 0.461 e. The van der Waals surface area contributed by atoms with Crippen LogP contribution in [0.4, 0.5) is 5.69 Å². The zero-order valence-electron chi connectivity index (χ0n) is 15.6. The lowest BCUT2D eigenvalue weighted by molar-refractivity contribution is -0.384. The number of carbonyl (C=O) groups excluding carboxylic acids is 2. The van der Waals surface area contributed by atoms with Crippen LogP contribution in [0.15, 0.2) is 29.6 Å². The minimum Gasteiger partial charge on any atom is -0.461 e. The number of aromatic nitrogens is 1. The zero-order valence-corrected chi connectivity index (χ0v) is 16.4. The summed E-state index contributed by atoms with van der Waals surface area (Å²) in [6, 6.07) is 5.48. The van der Waals surface area contributed by atoms with Gasteiger partial charge in [0.15, 0.2) is 5.69 Å². The molecule has 2 rings (SSSR count). The second-order valence-corrected chi connectivity index (χ2v) is 7.66. The zero-order chi connectivity index (χ0) is 20.2. The lowest BCUT2D eigenvalue weighted by Crippen LogP contribution is -2.45. The molecule has 0 saturated carbocycles. The van der Waals surface area contributed by atoms with E-state index >= 15 is 0 Å². The molecule has 0 unspecified atom stereocenters. The maximum Gasteiger partial charge on any atom is 0.357 e. The third kappa shape index (κ3) is 5.10. The van der Waals surface area contributed by atoms with Crippen LogP contribution in [0.5, 0.6) is 0 Å². The smallest absolute Gasteiger partial charge is 0.357 e. The highest BCUT2D eigenvalue weighted by Crippen LogP contribution is 2.23. The molecule has 0 aliphatic heterocycles. The predicted octanol–water partition coefficient (Wildman–Crippen LogP) is 3.67. The molecule has 9 heteroatoms. The molecule has 0 spiro atoms. The summed E-state index contributed by atoms with van der Waals surface area (Å²) in [5, 5.41) is 13.0. The standard InChI is InChI=1S/C18H21N3O5S/c1-5-26-17(23)14-11-27-15(19-14)10-20(18(2,3)4)16(22)12-6-8-13(9-7-12)21(24)25/h6-9,11H,5,10H2,1-4H3. The van der Waals surface area contributed by atoms with Crippen molar-refractivity contribution in [2.24, 2.45) is 0 Å². The summed E-state index contributed by atoms with van der Waals surface area (Å²) >= 11 is 1.27. The number of carbonyl (C=O) groups is 2. The molecule has 2 aromatic rings. The Labute approximate surface area is 160 Å². The maximum absolute atomic E-state index is 13.0. The molecular formula is C18H21N3O5S. The maximum atomic E-state index is 13.0. The van der Waals surface area contributed by atoms with E-state index < -0.39 is 16.4 Å². The summed E-state index contributed by atoms with van der Waals surface area (Å²) in [5.41, 5.74) is -0.0340. The fraction of sp³-hybridized carbons (Fsp3) is 0.389. The topological polar surface area (TPSA) is 103 Å². The van der Waals surface area contributed by atoms with Gasteiger partial charge in [0.05, 0.1) is 18.1 Å². The van der Waals surface area contributed by atoms with Gasteiger partial charge in [0.1, 0.15) is 5.01 Å². The SMILES string of the molecule is CCOC(=O)c1csc(CN(C(=O)c2ccc([N+](=O)[O-])cc2)C(C)(C)C)n1. The lowest BCUT2D eigenvalue weighted by Gasteiger charge is -2.35. The molecular weight excluding hydrogens is 370 g/mol. The van der Waals surface area contributed by atoms with E-state index in [4.69, 9.17) is 4.74 Å². The van der Waals surface area contributed by atoms with Crippen molar-refractivity contribution in [3.63, 3.8) is 0 Å². The predicted molar refractivity (Wildman–Crippen MR) is 101 cm³/mol. The fourth-order valence-electron chi connectivity index (χ4n) is 2.31. The molecule has 1 aromatic carbocycles. The van der Waals surface area contributed by atoms with Gasteiger partial charge in [0.25, 0.3) is 11.6 Å². The number of thiazole rings is 1. The third-order valence-corrected chi connectivity index (χ3v) is 4.54. The Kier molecular flexibility index (Phi) is 6.27. The quantitative estimate of drug-likeness (QED) is 0.423. The van der Waals surface area contributed by atoms with Crippen molar-refractivity contribution in [1.29, 1.82) is 0 Å². The number of esters is 1. The van der Waals surface area contributed by atoms with E-state index in [0.717, 1.165) is 0 Å². The highest BCUT2D eigenvalue weighted by atomic mass is 32.1. The highest BCUT2D eigenvalue weighted by Gasteiger charge is 2.29. The number of hydrogen-bond acceptors (Lipinski definition) is 7. The van der Waals surface area contributed by atoms with Crippen LogP contribution in [0, 0.1) is 10.1 Å². The normalized spacial score (nSPS) is 11.1. The summed E-state index contributed by atoms with van der Waals surface area (Å²) in [5.74, 6) is -0.769. The van der Waals surface area contributed by atoms with Crippen LogP contribution in [0.25, 0.3) is 0 Å².